The quantitative estimate of drug-likeness (QED) is 0.256. The van der Waals surface area contributed by atoms with Crippen LogP contribution in [0, 0.1) is 17.3 Å². The number of phenolic OH excluding ortho intramolecular Hbond substituents is 1. The van der Waals surface area contributed by atoms with Crippen LogP contribution in [0.3, 0.4) is 0 Å². The van der Waals surface area contributed by atoms with Crippen LogP contribution in [-0.2, 0) is 22.6 Å². The number of likely N-dealkylation sites (N-methyl/N-ethyl adjacent to an activating group) is 1. The van der Waals surface area contributed by atoms with Crippen molar-refractivity contribution >= 4 is 23.2 Å². The molecule has 43 heavy (non-hydrogen) atoms. The van der Waals surface area contributed by atoms with Crippen molar-refractivity contribution in [2.45, 2.75) is 70.1 Å². The van der Waals surface area contributed by atoms with Crippen molar-refractivity contribution in [1.82, 2.24) is 10.2 Å². The van der Waals surface area contributed by atoms with Crippen molar-refractivity contribution in [1.29, 1.82) is 0 Å². The van der Waals surface area contributed by atoms with Crippen molar-refractivity contribution in [3.8, 4) is 5.75 Å². The van der Waals surface area contributed by atoms with Crippen LogP contribution >= 0.6 is 0 Å². The van der Waals surface area contributed by atoms with Crippen molar-refractivity contribution in [2.24, 2.45) is 23.0 Å². The van der Waals surface area contributed by atoms with E-state index in [0.717, 1.165) is 17.8 Å². The number of allylic oxidation sites excluding steroid dienone is 1. The predicted octanol–water partition coefficient (Wildman–Crippen LogP) is 2.25. The molecule has 11 nitrogen and oxygen atoms in total. The van der Waals surface area contributed by atoms with Gasteiger partial charge in [-0.05, 0) is 68.3 Å². The van der Waals surface area contributed by atoms with Gasteiger partial charge in [0.1, 0.15) is 22.8 Å². The summed E-state index contributed by atoms with van der Waals surface area (Å²) in [5, 5.41) is 49.0. The number of carbonyl (C=O) groups is 3. The average molecular weight is 597 g/mol. The number of aliphatic hydroxyl groups is 3. The lowest BCUT2D eigenvalue weighted by Gasteiger charge is -2.50. The van der Waals surface area contributed by atoms with Gasteiger partial charge in [0, 0.05) is 44.4 Å². The van der Waals surface area contributed by atoms with Crippen LogP contribution in [0.2, 0.25) is 0 Å². The van der Waals surface area contributed by atoms with E-state index >= 15 is 0 Å². The monoisotopic (exact) mass is 596 g/mol. The molecule has 1 fully saturated rings. The Balaban J connectivity index is 1.57. The zero-order valence-corrected chi connectivity index (χ0v) is 25.7. The number of nitrogens with two attached hydrogens (primary N) is 1. The second-order valence-electron chi connectivity index (χ2n) is 13.6. The van der Waals surface area contributed by atoms with E-state index < -0.39 is 58.0 Å². The molecular weight excluding hydrogens is 552 g/mol. The molecule has 1 amide bonds. The highest BCUT2D eigenvalue weighted by Gasteiger charge is 2.63. The summed E-state index contributed by atoms with van der Waals surface area (Å²) in [5.41, 5.74) is 4.29. The number of ketones is 2. The first-order chi connectivity index (χ1) is 20.1. The van der Waals surface area contributed by atoms with E-state index in [9.17, 15) is 34.8 Å². The molecule has 0 spiro atoms. The molecule has 11 heteroatoms. The lowest BCUT2D eigenvalue weighted by atomic mass is 9.58. The Morgan fingerprint density at radius 2 is 1.74 bits per heavy atom. The van der Waals surface area contributed by atoms with Crippen LogP contribution in [0.1, 0.15) is 66.9 Å². The molecule has 0 radical (unpaired) electrons. The van der Waals surface area contributed by atoms with Crippen LogP contribution in [0.4, 0.5) is 5.69 Å². The third kappa shape index (κ3) is 4.81. The molecule has 1 saturated carbocycles. The summed E-state index contributed by atoms with van der Waals surface area (Å²) < 4.78 is 0. The summed E-state index contributed by atoms with van der Waals surface area (Å²) in [7, 11) is 6.98. The molecule has 0 saturated heterocycles. The molecule has 234 valence electrons. The molecule has 7 N–H and O–H groups in total. The maximum absolute atomic E-state index is 14.1. The summed E-state index contributed by atoms with van der Waals surface area (Å²) in [5.74, 6) is -6.52. The van der Waals surface area contributed by atoms with Crippen LogP contribution in [0.25, 0.3) is 0 Å². The number of nitrogens with zero attached hydrogens (tertiary/aromatic N) is 2. The lowest BCUT2D eigenvalue weighted by molar-refractivity contribution is -0.148. The fourth-order valence-electron chi connectivity index (χ4n) is 8.15. The third-order valence-electron chi connectivity index (χ3n) is 10.1. The van der Waals surface area contributed by atoms with Gasteiger partial charge in [-0.15, -0.1) is 0 Å². The van der Waals surface area contributed by atoms with Gasteiger partial charge in [-0.3, -0.25) is 19.3 Å². The lowest BCUT2D eigenvalue weighted by Crippen LogP contribution is -2.63. The number of Topliss-reactive ketones (excluding diaryl/α,β-unsaturated/α-hetero) is 2. The molecule has 1 aromatic rings. The minimum atomic E-state index is -2.65. The Morgan fingerprint density at radius 3 is 2.33 bits per heavy atom. The predicted molar refractivity (Wildman–Crippen MR) is 161 cm³/mol. The molecular formula is C32H44N4O7. The van der Waals surface area contributed by atoms with E-state index in [1.165, 1.54) is 32.1 Å². The van der Waals surface area contributed by atoms with Gasteiger partial charge in [-0.2, -0.15) is 0 Å². The number of amides is 1. The Morgan fingerprint density at radius 1 is 1.09 bits per heavy atom. The van der Waals surface area contributed by atoms with Crippen molar-refractivity contribution in [3.05, 3.63) is 45.4 Å². The maximum Gasteiger partial charge on any atom is 0.255 e. The van der Waals surface area contributed by atoms with Crippen LogP contribution in [-0.4, -0.2) is 89.2 Å². The first-order valence-electron chi connectivity index (χ1n) is 15.0. The fourth-order valence-corrected chi connectivity index (χ4v) is 8.15. The van der Waals surface area contributed by atoms with E-state index in [1.807, 2.05) is 19.0 Å². The summed E-state index contributed by atoms with van der Waals surface area (Å²) in [6.07, 6.45) is 6.36. The number of primary amides is 1. The maximum atomic E-state index is 14.1. The van der Waals surface area contributed by atoms with Gasteiger partial charge in [0.25, 0.3) is 5.91 Å². The second-order valence-corrected chi connectivity index (χ2v) is 13.6. The smallest absolute Gasteiger partial charge is 0.255 e. The normalized spacial score (nSPS) is 28.5. The van der Waals surface area contributed by atoms with Gasteiger partial charge >= 0.3 is 0 Å². The Hall–Kier alpha value is -3.41. The van der Waals surface area contributed by atoms with Gasteiger partial charge in [-0.1, -0.05) is 26.2 Å². The summed E-state index contributed by atoms with van der Waals surface area (Å²) in [6.45, 7) is 3.63. The molecule has 4 aliphatic rings. The number of fused-ring (bicyclic) bond motifs is 3. The first kappa shape index (κ1) is 31.0. The molecule has 0 aliphatic heterocycles. The molecule has 0 aromatic heterocycles. The number of hydrogen-bond acceptors (Lipinski definition) is 10. The van der Waals surface area contributed by atoms with E-state index in [2.05, 4.69) is 12.2 Å². The number of phenols is 1. The molecule has 0 bridgehead atoms. The van der Waals surface area contributed by atoms with Gasteiger partial charge in [-0.25, -0.2) is 0 Å². The fraction of sp³-hybridized carbons (Fsp3) is 0.594. The molecule has 4 aliphatic carbocycles. The number of anilines is 1. The zero-order valence-electron chi connectivity index (χ0n) is 25.7. The van der Waals surface area contributed by atoms with Gasteiger partial charge < -0.3 is 36.4 Å². The van der Waals surface area contributed by atoms with E-state index in [1.54, 1.807) is 25.1 Å². The van der Waals surface area contributed by atoms with Crippen molar-refractivity contribution in [3.63, 3.8) is 0 Å². The summed E-state index contributed by atoms with van der Waals surface area (Å²) in [6, 6.07) is 0.546. The SMILES string of the molecule is CN(C)c1c(CNCC2(C)CCCCC2)cc(O)c2c1C[C@H]1C[C@H]3[C@H](N(C)C)C(O)=C(C(N)=O)C(=O)[C@@]3(O)C(O)=C1C2=O. The topological polar surface area (TPSA) is 177 Å². The number of aliphatic hydroxyl groups excluding tert-OH is 2. The van der Waals surface area contributed by atoms with Crippen molar-refractivity contribution < 1.29 is 34.8 Å². The Labute approximate surface area is 252 Å². The highest BCUT2D eigenvalue weighted by atomic mass is 16.3. The standard InChI is InChI=1S/C32H44N4O7/c1-31(9-7-6-8-10-31)15-34-14-17-13-20(37)22-18(24(17)35(2)3)11-16-12-19-25(36(4)5)27(39)23(30(33)42)29(41)32(19,43)28(40)21(16)26(22)38/h13,16,19,25,34,37,39-40,43H,6-12,14-15H2,1-5H3,(H2,33,42)/t16-,19-,25-,32-/m0/s1. The largest absolute Gasteiger partial charge is 0.510 e. The minimum Gasteiger partial charge on any atom is -0.510 e. The minimum absolute atomic E-state index is 0.0208. The second kappa shape index (κ2) is 10.9. The number of nitrogens with one attached hydrogen (secondary N) is 1. The Kier molecular flexibility index (Phi) is 7.90. The van der Waals surface area contributed by atoms with E-state index in [-0.39, 0.29) is 35.1 Å². The third-order valence-corrected chi connectivity index (χ3v) is 10.1. The number of hydrogen-bond donors (Lipinski definition) is 6. The first-order valence-corrected chi connectivity index (χ1v) is 15.0. The molecule has 1 aromatic carbocycles. The van der Waals surface area contributed by atoms with Crippen LogP contribution in [0.5, 0.6) is 5.75 Å². The number of benzene rings is 1. The van der Waals surface area contributed by atoms with Gasteiger partial charge in [0.05, 0.1) is 11.6 Å². The van der Waals surface area contributed by atoms with Gasteiger partial charge in [0.15, 0.2) is 11.4 Å². The zero-order chi connectivity index (χ0) is 31.6. The van der Waals surface area contributed by atoms with E-state index in [4.69, 9.17) is 5.73 Å². The van der Waals surface area contributed by atoms with Gasteiger partial charge in [0.2, 0.25) is 5.78 Å². The van der Waals surface area contributed by atoms with Crippen LogP contribution in [0.15, 0.2) is 28.7 Å². The average Bonchev–Trinajstić information content (AvgIpc) is 2.90. The molecule has 0 heterocycles. The molecule has 4 atom stereocenters. The Bertz CT molecular complexity index is 1440. The van der Waals surface area contributed by atoms with Crippen LogP contribution < -0.4 is 16.0 Å². The summed E-state index contributed by atoms with van der Waals surface area (Å²) >= 11 is 0. The number of rotatable bonds is 7. The van der Waals surface area contributed by atoms with Crippen molar-refractivity contribution in [2.75, 3.05) is 39.6 Å². The number of aromatic hydroxyl groups is 1. The molecule has 0 unspecified atom stereocenters. The summed E-state index contributed by atoms with van der Waals surface area (Å²) in [4.78, 5) is 43.2. The van der Waals surface area contributed by atoms with E-state index in [0.29, 0.717) is 12.1 Å². The highest BCUT2D eigenvalue weighted by molar-refractivity contribution is 6.24. The highest BCUT2D eigenvalue weighted by Crippen LogP contribution is 2.53. The number of carbonyl (C=O) groups excluding carboxylic acids is 3. The molecule has 5 rings (SSSR count).